The molecule has 0 saturated heterocycles. The summed E-state index contributed by atoms with van der Waals surface area (Å²) >= 11 is 0. The molecule has 0 aliphatic heterocycles. The van der Waals surface area contributed by atoms with Gasteiger partial charge in [-0.1, -0.05) is 12.1 Å². The molecule has 1 atom stereocenters. The lowest BCUT2D eigenvalue weighted by Crippen LogP contribution is -2.24. The summed E-state index contributed by atoms with van der Waals surface area (Å²) in [5.74, 6) is -0.820. The molecule has 164 valence electrons. The molecular formula is C22H22N6O4. The second-order valence-corrected chi connectivity index (χ2v) is 7.26. The van der Waals surface area contributed by atoms with Crippen LogP contribution in [0.3, 0.4) is 0 Å². The van der Waals surface area contributed by atoms with Crippen molar-refractivity contribution < 1.29 is 14.0 Å². The third-order valence-corrected chi connectivity index (χ3v) is 5.01. The Hall–Kier alpha value is -4.21. The number of nitrogens with one attached hydrogen (secondary N) is 2. The number of aromatic nitrogens is 4. The van der Waals surface area contributed by atoms with Crippen molar-refractivity contribution in [2.75, 3.05) is 10.6 Å². The quantitative estimate of drug-likeness (QED) is 0.439. The smallest absolute Gasteiger partial charge is 0.408 e. The van der Waals surface area contributed by atoms with Gasteiger partial charge in [0.15, 0.2) is 5.58 Å². The normalized spacial score (nSPS) is 11.9. The van der Waals surface area contributed by atoms with Gasteiger partial charge in [-0.15, -0.1) is 0 Å². The van der Waals surface area contributed by atoms with Crippen LogP contribution in [0.1, 0.15) is 25.8 Å². The SMILES string of the molecule is CC(C(=O)Nc1ccc(NC(=O)CCCn2c(=O)oc3ccccc32)cc1)n1cncn1. The van der Waals surface area contributed by atoms with Crippen molar-refractivity contribution in [1.29, 1.82) is 0 Å². The van der Waals surface area contributed by atoms with Crippen LogP contribution >= 0.6 is 0 Å². The average Bonchev–Trinajstić information content (AvgIpc) is 3.43. The Morgan fingerprint density at radius 3 is 2.50 bits per heavy atom. The summed E-state index contributed by atoms with van der Waals surface area (Å²) in [4.78, 5) is 40.4. The van der Waals surface area contributed by atoms with Gasteiger partial charge < -0.3 is 15.1 Å². The fourth-order valence-electron chi connectivity index (χ4n) is 3.27. The summed E-state index contributed by atoms with van der Waals surface area (Å²) in [6.07, 6.45) is 3.59. The van der Waals surface area contributed by atoms with Crippen molar-refractivity contribution in [3.05, 3.63) is 71.7 Å². The number of benzene rings is 2. The molecule has 1 unspecified atom stereocenters. The van der Waals surface area contributed by atoms with Crippen molar-refractivity contribution in [1.82, 2.24) is 19.3 Å². The molecular weight excluding hydrogens is 412 g/mol. The summed E-state index contributed by atoms with van der Waals surface area (Å²) in [6.45, 7) is 2.11. The second-order valence-electron chi connectivity index (χ2n) is 7.26. The number of fused-ring (bicyclic) bond motifs is 1. The number of oxazole rings is 1. The molecule has 0 aliphatic carbocycles. The molecule has 2 N–H and O–H groups in total. The molecule has 0 spiro atoms. The maximum Gasteiger partial charge on any atom is 0.419 e. The summed E-state index contributed by atoms with van der Waals surface area (Å²) in [7, 11) is 0. The predicted molar refractivity (Wildman–Crippen MR) is 118 cm³/mol. The first-order valence-electron chi connectivity index (χ1n) is 10.1. The zero-order valence-electron chi connectivity index (χ0n) is 17.4. The van der Waals surface area contributed by atoms with Gasteiger partial charge in [-0.05, 0) is 49.7 Å². The first kappa shape index (κ1) is 21.0. The highest BCUT2D eigenvalue weighted by Crippen LogP contribution is 2.16. The van der Waals surface area contributed by atoms with E-state index in [4.69, 9.17) is 4.42 Å². The van der Waals surface area contributed by atoms with Gasteiger partial charge in [-0.3, -0.25) is 14.2 Å². The van der Waals surface area contributed by atoms with Gasteiger partial charge in [0.05, 0.1) is 5.52 Å². The number of rotatable bonds is 8. The number of hydrogen-bond donors (Lipinski definition) is 2. The number of carbonyl (C=O) groups excluding carboxylic acids is 2. The van der Waals surface area contributed by atoms with Crippen LogP contribution in [0.4, 0.5) is 11.4 Å². The van der Waals surface area contributed by atoms with Crippen molar-refractivity contribution in [3.63, 3.8) is 0 Å². The maximum absolute atomic E-state index is 12.3. The van der Waals surface area contributed by atoms with Crippen molar-refractivity contribution in [2.45, 2.75) is 32.4 Å². The van der Waals surface area contributed by atoms with Crippen molar-refractivity contribution >= 4 is 34.3 Å². The lowest BCUT2D eigenvalue weighted by Gasteiger charge is -2.12. The largest absolute Gasteiger partial charge is 0.419 e. The molecule has 32 heavy (non-hydrogen) atoms. The molecule has 0 fully saturated rings. The number of nitrogens with zero attached hydrogens (tertiary/aromatic N) is 4. The first-order chi connectivity index (χ1) is 15.5. The molecule has 2 heterocycles. The third-order valence-electron chi connectivity index (χ3n) is 5.01. The van der Waals surface area contributed by atoms with Crippen molar-refractivity contribution in [2.24, 2.45) is 0 Å². The minimum atomic E-state index is -0.503. The number of anilines is 2. The van der Waals surface area contributed by atoms with E-state index in [0.717, 1.165) is 0 Å². The van der Waals surface area contributed by atoms with Crippen molar-refractivity contribution in [3.8, 4) is 0 Å². The van der Waals surface area contributed by atoms with E-state index in [1.807, 2.05) is 12.1 Å². The lowest BCUT2D eigenvalue weighted by molar-refractivity contribution is -0.119. The molecule has 0 radical (unpaired) electrons. The first-order valence-corrected chi connectivity index (χ1v) is 10.1. The predicted octanol–water partition coefficient (Wildman–Crippen LogP) is 2.80. The van der Waals surface area contributed by atoms with Gasteiger partial charge in [-0.25, -0.2) is 14.5 Å². The van der Waals surface area contributed by atoms with Crippen LogP contribution in [0.2, 0.25) is 0 Å². The van der Waals surface area contributed by atoms with E-state index in [-0.39, 0.29) is 18.2 Å². The fourth-order valence-corrected chi connectivity index (χ4v) is 3.27. The molecule has 4 rings (SSSR count). The van der Waals surface area contributed by atoms with Crippen LogP contribution in [0.25, 0.3) is 11.1 Å². The summed E-state index contributed by atoms with van der Waals surface area (Å²) < 4.78 is 8.19. The van der Waals surface area contributed by atoms with Crippen LogP contribution < -0.4 is 16.4 Å². The van der Waals surface area contributed by atoms with Crippen LogP contribution in [-0.2, 0) is 16.1 Å². The molecule has 2 amide bonds. The number of amides is 2. The number of hydrogen-bond acceptors (Lipinski definition) is 6. The van der Waals surface area contributed by atoms with E-state index in [1.54, 1.807) is 43.3 Å². The lowest BCUT2D eigenvalue weighted by atomic mass is 10.2. The fraction of sp³-hybridized carbons (Fsp3) is 0.227. The van der Waals surface area contributed by atoms with E-state index in [9.17, 15) is 14.4 Å². The monoisotopic (exact) mass is 434 g/mol. The standard InChI is InChI=1S/C22H22N6O4/c1-15(28-14-23-13-24-28)21(30)26-17-10-8-16(9-11-17)25-20(29)7-4-12-27-18-5-2-3-6-19(18)32-22(27)31/h2-3,5-6,8-11,13-15H,4,7,12H2,1H3,(H,25,29)(H,26,30). The Labute approximate surface area is 182 Å². The van der Waals surface area contributed by atoms with Gasteiger partial charge in [0.1, 0.15) is 18.7 Å². The van der Waals surface area contributed by atoms with Gasteiger partial charge in [0.25, 0.3) is 0 Å². The molecule has 0 aliphatic rings. The minimum absolute atomic E-state index is 0.164. The number of carbonyl (C=O) groups is 2. The Morgan fingerprint density at radius 1 is 1.06 bits per heavy atom. The second kappa shape index (κ2) is 9.29. The van der Waals surface area contributed by atoms with E-state index < -0.39 is 11.8 Å². The zero-order chi connectivity index (χ0) is 22.5. The minimum Gasteiger partial charge on any atom is -0.408 e. The summed E-state index contributed by atoms with van der Waals surface area (Å²) in [6, 6.07) is 13.5. The molecule has 10 nitrogen and oxygen atoms in total. The zero-order valence-corrected chi connectivity index (χ0v) is 17.4. The van der Waals surface area contributed by atoms with Gasteiger partial charge >= 0.3 is 5.76 Å². The molecule has 4 aromatic rings. The van der Waals surface area contributed by atoms with E-state index in [2.05, 4.69) is 20.7 Å². The highest BCUT2D eigenvalue weighted by Gasteiger charge is 2.15. The molecule has 10 heteroatoms. The van der Waals surface area contributed by atoms with E-state index in [1.165, 1.54) is 21.9 Å². The van der Waals surface area contributed by atoms with E-state index in [0.29, 0.717) is 35.4 Å². The highest BCUT2D eigenvalue weighted by atomic mass is 16.4. The maximum atomic E-state index is 12.3. The van der Waals surface area contributed by atoms with Gasteiger partial charge in [0, 0.05) is 24.3 Å². The molecule has 0 saturated carbocycles. The Balaban J connectivity index is 1.27. The van der Waals surface area contributed by atoms with Crippen LogP contribution in [0.5, 0.6) is 0 Å². The van der Waals surface area contributed by atoms with Crippen LogP contribution in [0.15, 0.2) is 70.4 Å². The van der Waals surface area contributed by atoms with Crippen LogP contribution in [-0.4, -0.2) is 31.1 Å². The van der Waals surface area contributed by atoms with Gasteiger partial charge in [-0.2, -0.15) is 5.10 Å². The van der Waals surface area contributed by atoms with Gasteiger partial charge in [0.2, 0.25) is 11.8 Å². The summed E-state index contributed by atoms with van der Waals surface area (Å²) in [5.41, 5.74) is 2.47. The molecule has 2 aromatic carbocycles. The Morgan fingerprint density at radius 2 is 1.78 bits per heavy atom. The third kappa shape index (κ3) is 4.75. The summed E-state index contributed by atoms with van der Waals surface area (Å²) in [5, 5.41) is 9.57. The average molecular weight is 434 g/mol. The Kier molecular flexibility index (Phi) is 6.11. The molecule has 0 bridgehead atoms. The Bertz CT molecular complexity index is 1270. The highest BCUT2D eigenvalue weighted by molar-refractivity contribution is 5.94. The molecule has 2 aromatic heterocycles. The number of aryl methyl sites for hydroxylation is 1. The number of para-hydroxylation sites is 2. The van der Waals surface area contributed by atoms with Crippen LogP contribution in [0, 0.1) is 0 Å². The topological polar surface area (TPSA) is 124 Å². The van der Waals surface area contributed by atoms with E-state index >= 15 is 0 Å².